The summed E-state index contributed by atoms with van der Waals surface area (Å²) >= 11 is 5.36. The molecule has 0 aromatic heterocycles. The van der Waals surface area contributed by atoms with Crippen LogP contribution < -0.4 is 0 Å². The number of halogens is 4. The van der Waals surface area contributed by atoms with E-state index in [0.717, 1.165) is 12.1 Å². The van der Waals surface area contributed by atoms with Crippen LogP contribution in [0.15, 0.2) is 24.3 Å². The van der Waals surface area contributed by atoms with Crippen LogP contribution in [-0.4, -0.2) is 17.1 Å². The van der Waals surface area contributed by atoms with E-state index in [1.165, 1.54) is 12.1 Å². The number of hydrogen-bond acceptors (Lipinski definition) is 1. The van der Waals surface area contributed by atoms with E-state index in [2.05, 4.69) is 0 Å². The van der Waals surface area contributed by atoms with Crippen molar-refractivity contribution in [3.8, 4) is 0 Å². The van der Waals surface area contributed by atoms with Gasteiger partial charge in [0.25, 0.3) is 0 Å². The minimum atomic E-state index is -4.35. The van der Waals surface area contributed by atoms with Crippen LogP contribution in [0.1, 0.15) is 11.1 Å². The van der Waals surface area contributed by atoms with E-state index >= 15 is 0 Å². The van der Waals surface area contributed by atoms with Crippen LogP contribution in [0.2, 0.25) is 0 Å². The monoisotopic (exact) mass is 238 g/mol. The van der Waals surface area contributed by atoms with Crippen molar-refractivity contribution in [2.45, 2.75) is 18.7 Å². The second-order valence-electron chi connectivity index (χ2n) is 3.21. The minimum Gasteiger partial charge on any atom is -0.392 e. The Kier molecular flexibility index (Phi) is 3.99. The van der Waals surface area contributed by atoms with E-state index in [1.54, 1.807) is 0 Å². The lowest BCUT2D eigenvalue weighted by molar-refractivity contribution is -0.137. The first-order chi connectivity index (χ1) is 6.93. The third-order valence-electron chi connectivity index (χ3n) is 1.90. The summed E-state index contributed by atoms with van der Waals surface area (Å²) in [5, 5.41) is 9.19. The molecular formula is C10H10ClF3O. The zero-order chi connectivity index (χ0) is 11.5. The van der Waals surface area contributed by atoms with Gasteiger partial charge in [-0.15, -0.1) is 11.6 Å². The van der Waals surface area contributed by atoms with Gasteiger partial charge in [0, 0.05) is 5.88 Å². The van der Waals surface area contributed by atoms with Crippen LogP contribution in [0.4, 0.5) is 13.2 Å². The SMILES string of the molecule is O[C@H](CCl)Cc1cccc(C(F)(F)F)c1. The molecule has 1 nitrogen and oxygen atoms in total. The summed E-state index contributed by atoms with van der Waals surface area (Å²) in [7, 11) is 0. The number of rotatable bonds is 3. The second kappa shape index (κ2) is 4.86. The minimum absolute atomic E-state index is 0.0102. The molecule has 1 atom stereocenters. The molecule has 1 N–H and O–H groups in total. The number of aliphatic hydroxyl groups is 1. The van der Waals surface area contributed by atoms with Crippen molar-refractivity contribution in [3.05, 3.63) is 35.4 Å². The van der Waals surface area contributed by atoms with Crippen LogP contribution in [0, 0.1) is 0 Å². The lowest BCUT2D eigenvalue weighted by Gasteiger charge is -2.10. The molecule has 0 bridgehead atoms. The Morgan fingerprint density at radius 2 is 2.00 bits per heavy atom. The summed E-state index contributed by atoms with van der Waals surface area (Å²) in [5.74, 6) is 0.0102. The topological polar surface area (TPSA) is 20.2 Å². The van der Waals surface area contributed by atoms with Gasteiger partial charge < -0.3 is 5.11 Å². The van der Waals surface area contributed by atoms with Crippen molar-refractivity contribution in [2.75, 3.05) is 5.88 Å². The molecular weight excluding hydrogens is 229 g/mol. The summed E-state index contributed by atoms with van der Waals surface area (Å²) in [4.78, 5) is 0. The average Bonchev–Trinajstić information content (AvgIpc) is 2.17. The van der Waals surface area contributed by atoms with Crippen molar-refractivity contribution in [3.63, 3.8) is 0 Å². The molecule has 0 saturated heterocycles. The van der Waals surface area contributed by atoms with E-state index in [4.69, 9.17) is 11.6 Å². The van der Waals surface area contributed by atoms with Gasteiger partial charge in [-0.3, -0.25) is 0 Å². The number of hydrogen-bond donors (Lipinski definition) is 1. The third kappa shape index (κ3) is 3.72. The quantitative estimate of drug-likeness (QED) is 0.803. The van der Waals surface area contributed by atoms with Crippen molar-refractivity contribution >= 4 is 11.6 Å². The van der Waals surface area contributed by atoms with Crippen LogP contribution in [0.5, 0.6) is 0 Å². The molecule has 0 saturated carbocycles. The van der Waals surface area contributed by atoms with Crippen LogP contribution in [0.3, 0.4) is 0 Å². The van der Waals surface area contributed by atoms with Gasteiger partial charge in [0.1, 0.15) is 0 Å². The van der Waals surface area contributed by atoms with Crippen LogP contribution in [0.25, 0.3) is 0 Å². The Labute approximate surface area is 90.5 Å². The van der Waals surface area contributed by atoms with Gasteiger partial charge in [0.05, 0.1) is 11.7 Å². The van der Waals surface area contributed by atoms with Gasteiger partial charge in [-0.05, 0) is 18.1 Å². The maximum absolute atomic E-state index is 12.3. The highest BCUT2D eigenvalue weighted by atomic mass is 35.5. The Morgan fingerprint density at radius 3 is 2.53 bits per heavy atom. The highest BCUT2D eigenvalue weighted by molar-refractivity contribution is 6.18. The van der Waals surface area contributed by atoms with Gasteiger partial charge in [-0.2, -0.15) is 13.2 Å². The molecule has 1 aromatic carbocycles. The first-order valence-electron chi connectivity index (χ1n) is 4.33. The summed E-state index contributed by atoms with van der Waals surface area (Å²) in [6.45, 7) is 0. The molecule has 0 aliphatic heterocycles. The van der Waals surface area contributed by atoms with Gasteiger partial charge in [-0.25, -0.2) is 0 Å². The van der Waals surface area contributed by atoms with Gasteiger partial charge in [0.15, 0.2) is 0 Å². The van der Waals surface area contributed by atoms with E-state index < -0.39 is 17.8 Å². The summed E-state index contributed by atoms with van der Waals surface area (Å²) in [5.41, 5.74) is -0.278. The first-order valence-corrected chi connectivity index (χ1v) is 4.87. The molecule has 0 spiro atoms. The number of benzene rings is 1. The highest BCUT2D eigenvalue weighted by Gasteiger charge is 2.30. The van der Waals surface area contributed by atoms with Crippen LogP contribution in [-0.2, 0) is 12.6 Å². The molecule has 1 rings (SSSR count). The smallest absolute Gasteiger partial charge is 0.392 e. The lowest BCUT2D eigenvalue weighted by Crippen LogP contribution is -2.13. The molecule has 0 aliphatic carbocycles. The maximum atomic E-state index is 12.3. The Hall–Kier alpha value is -0.740. The zero-order valence-electron chi connectivity index (χ0n) is 7.76. The van der Waals surface area contributed by atoms with E-state index in [9.17, 15) is 18.3 Å². The molecule has 84 valence electrons. The standard InChI is InChI=1S/C10H10ClF3O/c11-6-9(15)5-7-2-1-3-8(4-7)10(12,13)14/h1-4,9,15H,5-6H2/t9-/m0/s1. The fourth-order valence-corrected chi connectivity index (χ4v) is 1.31. The fourth-order valence-electron chi connectivity index (χ4n) is 1.20. The first kappa shape index (κ1) is 12.3. The third-order valence-corrected chi connectivity index (χ3v) is 2.26. The normalized spacial score (nSPS) is 13.9. The number of alkyl halides is 4. The molecule has 0 amide bonds. The molecule has 0 heterocycles. The molecule has 15 heavy (non-hydrogen) atoms. The number of aliphatic hydroxyl groups excluding tert-OH is 1. The van der Waals surface area contributed by atoms with Crippen LogP contribution >= 0.6 is 11.6 Å². The average molecular weight is 239 g/mol. The van der Waals surface area contributed by atoms with Crippen molar-refractivity contribution < 1.29 is 18.3 Å². The highest BCUT2D eigenvalue weighted by Crippen LogP contribution is 2.29. The van der Waals surface area contributed by atoms with Gasteiger partial charge in [0.2, 0.25) is 0 Å². The fraction of sp³-hybridized carbons (Fsp3) is 0.400. The molecule has 0 radical (unpaired) electrons. The molecule has 0 aliphatic rings. The molecule has 0 unspecified atom stereocenters. The van der Waals surface area contributed by atoms with Gasteiger partial charge in [-0.1, -0.05) is 18.2 Å². The van der Waals surface area contributed by atoms with Crippen molar-refractivity contribution in [1.82, 2.24) is 0 Å². The summed E-state index contributed by atoms with van der Waals surface area (Å²) in [6.07, 6.45) is -5.02. The van der Waals surface area contributed by atoms with Gasteiger partial charge >= 0.3 is 6.18 Å². The predicted octanol–water partition coefficient (Wildman–Crippen LogP) is 2.85. The molecule has 0 fully saturated rings. The Balaban J connectivity index is 2.84. The maximum Gasteiger partial charge on any atom is 0.416 e. The lowest BCUT2D eigenvalue weighted by atomic mass is 10.1. The van der Waals surface area contributed by atoms with Crippen molar-refractivity contribution in [2.24, 2.45) is 0 Å². The summed E-state index contributed by atoms with van der Waals surface area (Å²) < 4.78 is 36.9. The van der Waals surface area contributed by atoms with E-state index in [0.29, 0.717) is 5.56 Å². The molecule has 5 heteroatoms. The largest absolute Gasteiger partial charge is 0.416 e. The Bertz CT molecular complexity index is 325. The van der Waals surface area contributed by atoms with Crippen molar-refractivity contribution in [1.29, 1.82) is 0 Å². The Morgan fingerprint density at radius 1 is 1.33 bits per heavy atom. The predicted molar refractivity (Wildman–Crippen MR) is 51.9 cm³/mol. The summed E-state index contributed by atoms with van der Waals surface area (Å²) in [6, 6.07) is 4.87. The molecule has 1 aromatic rings. The second-order valence-corrected chi connectivity index (χ2v) is 3.52. The zero-order valence-corrected chi connectivity index (χ0v) is 8.52. The van der Waals surface area contributed by atoms with E-state index in [1.807, 2.05) is 0 Å². The van der Waals surface area contributed by atoms with E-state index in [-0.39, 0.29) is 12.3 Å².